The fourth-order valence-electron chi connectivity index (χ4n) is 1.37. The Balaban J connectivity index is 2.82. The lowest BCUT2D eigenvalue weighted by molar-refractivity contribution is 0.697. The van der Waals surface area contributed by atoms with Gasteiger partial charge < -0.3 is 5.73 Å². The smallest absolute Gasteiger partial charge is 0.0540 e. The molecule has 0 fully saturated rings. The lowest BCUT2D eigenvalue weighted by atomic mass is 10.0. The highest BCUT2D eigenvalue weighted by Gasteiger charge is 2.11. The van der Waals surface area contributed by atoms with Gasteiger partial charge in [-0.05, 0) is 20.3 Å². The molecule has 1 atom stereocenters. The lowest BCUT2D eigenvalue weighted by Gasteiger charge is -2.10. The molecule has 0 aliphatic rings. The van der Waals surface area contributed by atoms with Gasteiger partial charge in [0.15, 0.2) is 0 Å². The quantitative estimate of drug-likeness (QED) is 0.718. The molecule has 0 spiro atoms. The third-order valence-electron chi connectivity index (χ3n) is 2.24. The summed E-state index contributed by atoms with van der Waals surface area (Å²) in [6, 6.07) is 0.0335. The van der Waals surface area contributed by atoms with Gasteiger partial charge in [-0.1, -0.05) is 5.57 Å². The molecule has 13 heavy (non-hydrogen) atoms. The number of hydrogen-bond acceptors (Lipinski definition) is 2. The van der Waals surface area contributed by atoms with Crippen LogP contribution in [-0.4, -0.2) is 9.78 Å². The summed E-state index contributed by atoms with van der Waals surface area (Å²) in [4.78, 5) is 0. The van der Waals surface area contributed by atoms with Gasteiger partial charge in [-0.2, -0.15) is 5.10 Å². The van der Waals surface area contributed by atoms with Crippen LogP contribution in [-0.2, 0) is 7.05 Å². The molecule has 1 aromatic heterocycles. The highest BCUT2D eigenvalue weighted by Crippen LogP contribution is 2.19. The van der Waals surface area contributed by atoms with E-state index in [0.29, 0.717) is 0 Å². The van der Waals surface area contributed by atoms with E-state index in [1.165, 1.54) is 0 Å². The summed E-state index contributed by atoms with van der Waals surface area (Å²) in [5.74, 6) is 0. The monoisotopic (exact) mass is 179 g/mol. The minimum Gasteiger partial charge on any atom is -0.324 e. The third kappa shape index (κ3) is 2.18. The molecular formula is C10H17N3. The van der Waals surface area contributed by atoms with E-state index in [-0.39, 0.29) is 6.04 Å². The average Bonchev–Trinajstić information content (AvgIpc) is 2.31. The van der Waals surface area contributed by atoms with Crippen LogP contribution in [0.3, 0.4) is 0 Å². The van der Waals surface area contributed by atoms with Crippen LogP contribution < -0.4 is 5.73 Å². The first-order valence-electron chi connectivity index (χ1n) is 4.41. The summed E-state index contributed by atoms with van der Waals surface area (Å²) >= 11 is 0. The number of aryl methyl sites for hydroxylation is 1. The first-order valence-corrected chi connectivity index (χ1v) is 4.41. The van der Waals surface area contributed by atoms with E-state index in [0.717, 1.165) is 23.3 Å². The van der Waals surface area contributed by atoms with E-state index in [4.69, 9.17) is 5.73 Å². The van der Waals surface area contributed by atoms with Crippen LogP contribution in [0, 0.1) is 6.92 Å². The van der Waals surface area contributed by atoms with Gasteiger partial charge in [-0.25, -0.2) is 0 Å². The number of nitrogens with two attached hydrogens (primary N) is 1. The van der Waals surface area contributed by atoms with Crippen LogP contribution in [0.2, 0.25) is 0 Å². The van der Waals surface area contributed by atoms with Crippen LogP contribution in [0.15, 0.2) is 18.3 Å². The van der Waals surface area contributed by atoms with Gasteiger partial charge in [0.2, 0.25) is 0 Å². The van der Waals surface area contributed by atoms with Crippen molar-refractivity contribution in [2.45, 2.75) is 26.3 Å². The first-order chi connectivity index (χ1) is 6.02. The molecule has 1 aromatic rings. The molecule has 1 heterocycles. The van der Waals surface area contributed by atoms with Gasteiger partial charge in [-0.3, -0.25) is 4.68 Å². The molecule has 0 bridgehead atoms. The maximum atomic E-state index is 6.00. The van der Waals surface area contributed by atoms with Crippen LogP contribution in [0.4, 0.5) is 0 Å². The molecule has 0 saturated heterocycles. The van der Waals surface area contributed by atoms with Gasteiger partial charge in [0.25, 0.3) is 0 Å². The van der Waals surface area contributed by atoms with Crippen molar-refractivity contribution in [1.82, 2.24) is 9.78 Å². The van der Waals surface area contributed by atoms with Crippen molar-refractivity contribution in [3.8, 4) is 0 Å². The number of hydrogen-bond donors (Lipinski definition) is 1. The van der Waals surface area contributed by atoms with Crippen molar-refractivity contribution in [1.29, 1.82) is 0 Å². The highest BCUT2D eigenvalue weighted by molar-refractivity contribution is 5.21. The van der Waals surface area contributed by atoms with Gasteiger partial charge in [0.1, 0.15) is 0 Å². The third-order valence-corrected chi connectivity index (χ3v) is 2.24. The second-order valence-electron chi connectivity index (χ2n) is 3.58. The van der Waals surface area contributed by atoms with Crippen LogP contribution in [0.1, 0.15) is 30.6 Å². The Labute approximate surface area is 79.2 Å². The van der Waals surface area contributed by atoms with Crippen molar-refractivity contribution in [3.05, 3.63) is 29.6 Å². The molecule has 72 valence electrons. The Morgan fingerprint density at radius 1 is 1.77 bits per heavy atom. The second kappa shape index (κ2) is 3.75. The zero-order chi connectivity index (χ0) is 10.0. The van der Waals surface area contributed by atoms with E-state index in [2.05, 4.69) is 11.7 Å². The van der Waals surface area contributed by atoms with Crippen LogP contribution >= 0.6 is 0 Å². The molecule has 3 nitrogen and oxygen atoms in total. The molecule has 0 aliphatic carbocycles. The van der Waals surface area contributed by atoms with Crippen molar-refractivity contribution < 1.29 is 0 Å². The largest absolute Gasteiger partial charge is 0.324 e. The minimum atomic E-state index is 0.0335. The fraction of sp³-hybridized carbons (Fsp3) is 0.500. The number of nitrogens with zero attached hydrogens (tertiary/aromatic N) is 2. The second-order valence-corrected chi connectivity index (χ2v) is 3.58. The maximum Gasteiger partial charge on any atom is 0.0540 e. The van der Waals surface area contributed by atoms with E-state index >= 15 is 0 Å². The molecule has 2 N–H and O–H groups in total. The summed E-state index contributed by atoms with van der Waals surface area (Å²) in [5, 5.41) is 4.15. The zero-order valence-corrected chi connectivity index (χ0v) is 8.54. The van der Waals surface area contributed by atoms with Gasteiger partial charge in [-0.15, -0.1) is 6.58 Å². The Hall–Kier alpha value is -1.09. The van der Waals surface area contributed by atoms with E-state index in [1.807, 2.05) is 31.8 Å². The molecule has 0 saturated carbocycles. The predicted molar refractivity (Wildman–Crippen MR) is 54.3 cm³/mol. The van der Waals surface area contributed by atoms with Gasteiger partial charge >= 0.3 is 0 Å². The summed E-state index contributed by atoms with van der Waals surface area (Å²) in [6.07, 6.45) is 2.66. The van der Waals surface area contributed by atoms with Crippen molar-refractivity contribution in [2.75, 3.05) is 0 Å². The maximum absolute atomic E-state index is 6.00. The highest BCUT2D eigenvalue weighted by atomic mass is 15.3. The molecule has 0 radical (unpaired) electrons. The molecule has 0 amide bonds. The number of aromatic nitrogens is 2. The number of rotatable bonds is 3. The van der Waals surface area contributed by atoms with Gasteiger partial charge in [0.05, 0.1) is 6.20 Å². The van der Waals surface area contributed by atoms with Crippen LogP contribution in [0.25, 0.3) is 0 Å². The molecule has 0 aromatic carbocycles. The summed E-state index contributed by atoms with van der Waals surface area (Å²) in [6.45, 7) is 7.87. The Bertz CT molecular complexity index is 312. The molecule has 1 rings (SSSR count). The van der Waals surface area contributed by atoms with Crippen molar-refractivity contribution in [2.24, 2.45) is 12.8 Å². The average molecular weight is 179 g/mol. The Morgan fingerprint density at radius 2 is 2.38 bits per heavy atom. The van der Waals surface area contributed by atoms with Crippen molar-refractivity contribution >= 4 is 0 Å². The topological polar surface area (TPSA) is 43.8 Å². The standard InChI is InChI=1S/C10H17N3/c1-7(2)5-10(11)9-6-12-13(4)8(9)3/h6,10H,1,5,11H2,2-4H3. The Morgan fingerprint density at radius 3 is 2.77 bits per heavy atom. The molecule has 3 heteroatoms. The Kier molecular flexibility index (Phi) is 2.88. The fourth-order valence-corrected chi connectivity index (χ4v) is 1.37. The zero-order valence-electron chi connectivity index (χ0n) is 8.54. The van der Waals surface area contributed by atoms with Gasteiger partial charge in [0, 0.05) is 24.3 Å². The predicted octanol–water partition coefficient (Wildman–Crippen LogP) is 1.69. The summed E-state index contributed by atoms with van der Waals surface area (Å²) in [5.41, 5.74) is 9.35. The lowest BCUT2D eigenvalue weighted by Crippen LogP contribution is -2.11. The van der Waals surface area contributed by atoms with E-state index in [9.17, 15) is 0 Å². The molecule has 0 aliphatic heterocycles. The molecule has 1 unspecified atom stereocenters. The summed E-state index contributed by atoms with van der Waals surface area (Å²) in [7, 11) is 1.92. The normalized spacial score (nSPS) is 12.9. The van der Waals surface area contributed by atoms with E-state index < -0.39 is 0 Å². The van der Waals surface area contributed by atoms with E-state index in [1.54, 1.807) is 0 Å². The van der Waals surface area contributed by atoms with Crippen molar-refractivity contribution in [3.63, 3.8) is 0 Å². The first kappa shape index (κ1) is 9.99. The SMILES string of the molecule is C=C(C)CC(N)c1cnn(C)c1C. The minimum absolute atomic E-state index is 0.0335. The molecular weight excluding hydrogens is 162 g/mol. The summed E-state index contributed by atoms with van der Waals surface area (Å²) < 4.78 is 1.84. The van der Waals surface area contributed by atoms with Crippen LogP contribution in [0.5, 0.6) is 0 Å².